The minimum atomic E-state index is -2.05. The third kappa shape index (κ3) is 9.90. The molecule has 0 aliphatic carbocycles. The molecule has 0 radical (unpaired) electrons. The molecule has 0 saturated heterocycles. The molecule has 1 heterocycles. The molecule has 11 nitrogen and oxygen atoms in total. The lowest BCUT2D eigenvalue weighted by Crippen LogP contribution is -2.42. The lowest BCUT2D eigenvalue weighted by molar-refractivity contribution is -0.384. The molecule has 0 N–H and O–H groups in total. The standard InChI is InChI=1S/C26H37NO10Si/c1-5-38(6-2,7-3)37-22-15-16-24(34-19(4)28)23(10-8-9-17-33-25(29)18-22)36-26(30)35-21-13-11-20(12-14-21)27(31)32/h8,10-14,22-24H,5-7,9,15-18H2,1-4H3. The quantitative estimate of drug-likeness (QED) is 0.0737. The third-order valence-electron chi connectivity index (χ3n) is 6.56. The van der Waals surface area contributed by atoms with Crippen molar-refractivity contribution in [2.24, 2.45) is 0 Å². The van der Waals surface area contributed by atoms with E-state index in [1.54, 1.807) is 12.2 Å². The first-order valence-corrected chi connectivity index (χ1v) is 15.4. The van der Waals surface area contributed by atoms with Crippen molar-refractivity contribution in [2.45, 2.75) is 89.8 Å². The number of carbonyl (C=O) groups excluding carboxylic acids is 3. The summed E-state index contributed by atoms with van der Waals surface area (Å²) in [6.45, 7) is 7.69. The first-order valence-electron chi connectivity index (χ1n) is 12.9. The van der Waals surface area contributed by atoms with Gasteiger partial charge in [0.1, 0.15) is 11.9 Å². The highest BCUT2D eigenvalue weighted by Gasteiger charge is 2.35. The van der Waals surface area contributed by atoms with Crippen molar-refractivity contribution in [2.75, 3.05) is 6.61 Å². The molecule has 0 bridgehead atoms. The Morgan fingerprint density at radius 3 is 2.32 bits per heavy atom. The number of hydrogen-bond donors (Lipinski definition) is 0. The van der Waals surface area contributed by atoms with Gasteiger partial charge in [-0.3, -0.25) is 19.7 Å². The molecule has 0 spiro atoms. The molecule has 0 amide bonds. The van der Waals surface area contributed by atoms with Crippen molar-refractivity contribution < 1.29 is 42.7 Å². The van der Waals surface area contributed by atoms with Gasteiger partial charge in [-0.15, -0.1) is 0 Å². The van der Waals surface area contributed by atoms with E-state index < -0.39 is 43.7 Å². The Morgan fingerprint density at radius 1 is 1.08 bits per heavy atom. The minimum absolute atomic E-state index is 0.0575. The van der Waals surface area contributed by atoms with E-state index in [-0.39, 0.29) is 36.9 Å². The van der Waals surface area contributed by atoms with Gasteiger partial charge >= 0.3 is 18.1 Å². The van der Waals surface area contributed by atoms with Crippen molar-refractivity contribution in [3.63, 3.8) is 0 Å². The topological polar surface area (TPSA) is 141 Å². The molecule has 210 valence electrons. The first kappa shape index (κ1) is 31.0. The normalized spacial score (nSPS) is 20.8. The smallest absolute Gasteiger partial charge is 0.465 e. The Hall–Kier alpha value is -3.25. The van der Waals surface area contributed by atoms with Crippen LogP contribution in [0.5, 0.6) is 5.75 Å². The van der Waals surface area contributed by atoms with Gasteiger partial charge in [-0.05, 0) is 55.6 Å². The molecule has 0 aromatic heterocycles. The SMILES string of the molecule is CC[Si](CC)(CC)OC1CCC(OC(C)=O)C(OC(=O)Oc2ccc([N+](=O)[O-])cc2)C=CCCOC(=O)C1. The average molecular weight is 552 g/mol. The van der Waals surface area contributed by atoms with Gasteiger partial charge in [0, 0.05) is 19.1 Å². The van der Waals surface area contributed by atoms with Crippen molar-refractivity contribution in [3.8, 4) is 5.75 Å². The number of hydrogen-bond acceptors (Lipinski definition) is 10. The van der Waals surface area contributed by atoms with Crippen LogP contribution in [-0.2, 0) is 28.2 Å². The molecule has 0 saturated carbocycles. The van der Waals surface area contributed by atoms with Crippen molar-refractivity contribution >= 4 is 32.1 Å². The summed E-state index contributed by atoms with van der Waals surface area (Å²) in [5, 5.41) is 10.8. The Balaban J connectivity index is 2.23. The molecule has 1 aromatic rings. The Kier molecular flexibility index (Phi) is 12.4. The fourth-order valence-corrected chi connectivity index (χ4v) is 7.14. The number of cyclic esters (lactones) is 1. The number of ether oxygens (including phenoxy) is 4. The van der Waals surface area contributed by atoms with E-state index in [4.69, 9.17) is 23.4 Å². The predicted octanol–water partition coefficient (Wildman–Crippen LogP) is 5.47. The molecular weight excluding hydrogens is 514 g/mol. The molecule has 38 heavy (non-hydrogen) atoms. The van der Waals surface area contributed by atoms with Crippen LogP contribution in [0.2, 0.25) is 18.1 Å². The maximum atomic E-state index is 12.6. The minimum Gasteiger partial charge on any atom is -0.465 e. The zero-order valence-corrected chi connectivity index (χ0v) is 23.4. The van der Waals surface area contributed by atoms with Gasteiger partial charge in [-0.25, -0.2) is 4.79 Å². The maximum Gasteiger partial charge on any atom is 0.514 e. The van der Waals surface area contributed by atoms with Crippen LogP contribution in [0.3, 0.4) is 0 Å². The lowest BCUT2D eigenvalue weighted by Gasteiger charge is -2.34. The zero-order valence-electron chi connectivity index (χ0n) is 22.4. The van der Waals surface area contributed by atoms with Crippen molar-refractivity contribution in [3.05, 3.63) is 46.5 Å². The van der Waals surface area contributed by atoms with Crippen molar-refractivity contribution in [1.29, 1.82) is 0 Å². The largest absolute Gasteiger partial charge is 0.514 e. The molecule has 1 aliphatic heterocycles. The van der Waals surface area contributed by atoms with E-state index in [1.165, 1.54) is 31.2 Å². The highest BCUT2D eigenvalue weighted by molar-refractivity contribution is 6.73. The second-order valence-corrected chi connectivity index (χ2v) is 13.8. The van der Waals surface area contributed by atoms with Gasteiger partial charge in [0.25, 0.3) is 5.69 Å². The van der Waals surface area contributed by atoms with Gasteiger partial charge in [0.15, 0.2) is 14.4 Å². The van der Waals surface area contributed by atoms with E-state index in [0.717, 1.165) is 18.1 Å². The van der Waals surface area contributed by atoms with E-state index in [9.17, 15) is 24.5 Å². The number of rotatable bonds is 9. The summed E-state index contributed by atoms with van der Waals surface area (Å²) in [5.41, 5.74) is -0.151. The van der Waals surface area contributed by atoms with Crippen molar-refractivity contribution in [1.82, 2.24) is 0 Å². The number of nitrogens with zero attached hydrogens (tertiary/aromatic N) is 1. The van der Waals surface area contributed by atoms with Crippen LogP contribution in [-0.4, -0.2) is 56.3 Å². The number of benzene rings is 1. The van der Waals surface area contributed by atoms with Gasteiger partial charge in [-0.1, -0.05) is 26.8 Å². The zero-order chi connectivity index (χ0) is 28.1. The molecule has 1 aromatic carbocycles. The number of non-ortho nitro benzene ring substituents is 1. The fourth-order valence-electron chi connectivity index (χ4n) is 4.23. The van der Waals surface area contributed by atoms with Crippen LogP contribution in [0.4, 0.5) is 10.5 Å². The van der Waals surface area contributed by atoms with Gasteiger partial charge in [0.05, 0.1) is 24.1 Å². The van der Waals surface area contributed by atoms with Crippen LogP contribution in [0.25, 0.3) is 0 Å². The van der Waals surface area contributed by atoms with Gasteiger partial charge in [-0.2, -0.15) is 0 Å². The second kappa shape index (κ2) is 15.2. The molecule has 12 heteroatoms. The molecule has 0 fully saturated rings. The van der Waals surface area contributed by atoms with Gasteiger partial charge in [0.2, 0.25) is 0 Å². The van der Waals surface area contributed by atoms with E-state index in [0.29, 0.717) is 12.8 Å². The lowest BCUT2D eigenvalue weighted by atomic mass is 10.0. The number of carbonyl (C=O) groups is 3. The summed E-state index contributed by atoms with van der Waals surface area (Å²) in [5.74, 6) is -0.843. The highest BCUT2D eigenvalue weighted by Crippen LogP contribution is 2.28. The predicted molar refractivity (Wildman–Crippen MR) is 140 cm³/mol. The summed E-state index contributed by atoms with van der Waals surface area (Å²) in [7, 11) is -2.05. The Morgan fingerprint density at radius 2 is 1.74 bits per heavy atom. The van der Waals surface area contributed by atoms with Gasteiger partial charge < -0.3 is 23.4 Å². The number of nitro groups is 1. The molecule has 3 atom stereocenters. The molecular formula is C26H37NO10Si. The maximum absolute atomic E-state index is 12.6. The van der Waals surface area contributed by atoms with Crippen LogP contribution >= 0.6 is 0 Å². The Bertz CT molecular complexity index is 968. The number of esters is 2. The summed E-state index contributed by atoms with van der Waals surface area (Å²) < 4.78 is 28.1. The Labute approximate surface area is 223 Å². The summed E-state index contributed by atoms with van der Waals surface area (Å²) in [6, 6.07) is 7.68. The van der Waals surface area contributed by atoms with Crippen LogP contribution in [0.1, 0.15) is 53.4 Å². The monoisotopic (exact) mass is 551 g/mol. The summed E-state index contributed by atoms with van der Waals surface area (Å²) >= 11 is 0. The van der Waals surface area contributed by atoms with E-state index in [2.05, 4.69) is 20.8 Å². The fraction of sp³-hybridized carbons (Fsp3) is 0.577. The summed E-state index contributed by atoms with van der Waals surface area (Å²) in [4.78, 5) is 47.2. The van der Waals surface area contributed by atoms with E-state index in [1.807, 2.05) is 0 Å². The third-order valence-corrected chi connectivity index (χ3v) is 11.3. The average Bonchev–Trinajstić information content (AvgIpc) is 2.88. The molecule has 2 rings (SSSR count). The first-order chi connectivity index (χ1) is 18.1. The van der Waals surface area contributed by atoms with Crippen LogP contribution in [0.15, 0.2) is 36.4 Å². The summed E-state index contributed by atoms with van der Waals surface area (Å²) in [6.07, 6.45) is 1.01. The molecule has 3 unspecified atom stereocenters. The molecule has 1 aliphatic rings. The van der Waals surface area contributed by atoms with Crippen LogP contribution < -0.4 is 4.74 Å². The highest BCUT2D eigenvalue weighted by atomic mass is 28.4. The van der Waals surface area contributed by atoms with E-state index >= 15 is 0 Å². The second-order valence-electron chi connectivity index (χ2n) is 9.04. The van der Waals surface area contributed by atoms with Crippen LogP contribution in [0, 0.1) is 10.1 Å². The number of nitro benzene ring substituents is 1.